The van der Waals surface area contributed by atoms with E-state index in [1.54, 1.807) is 12.2 Å². The molecule has 4 rings (SSSR count). The molecular formula is C27H37BrO7. The Hall–Kier alpha value is -1.35. The van der Waals surface area contributed by atoms with Crippen molar-refractivity contribution in [3.8, 4) is 0 Å². The summed E-state index contributed by atoms with van der Waals surface area (Å²) in [5, 5.41) is 11.9. The SMILES string of the molecule is COCO[C@]1(C(=O)COC(C)=O)C(C)C[C@H]2[C@@H]3CC(C)C4=CC(=O)C=C[C@]4(C)[C@@]3(Br)C(O)C[C@@]21C. The minimum atomic E-state index is -1.27. The third-order valence-electron chi connectivity index (χ3n) is 9.73. The van der Waals surface area contributed by atoms with Gasteiger partial charge in [0.2, 0.25) is 5.78 Å². The molecule has 0 radical (unpaired) electrons. The summed E-state index contributed by atoms with van der Waals surface area (Å²) in [6.07, 6.45) is 6.29. The van der Waals surface area contributed by atoms with Crippen molar-refractivity contribution in [2.75, 3.05) is 20.5 Å². The molecule has 3 unspecified atom stereocenters. The van der Waals surface area contributed by atoms with Gasteiger partial charge in [-0.15, -0.1) is 0 Å². The molecular weight excluding hydrogens is 516 g/mol. The first-order valence-corrected chi connectivity index (χ1v) is 13.2. The Morgan fingerprint density at radius 3 is 2.51 bits per heavy atom. The van der Waals surface area contributed by atoms with Crippen molar-refractivity contribution in [2.24, 2.45) is 34.5 Å². The molecule has 0 aromatic heterocycles. The van der Waals surface area contributed by atoms with Crippen LogP contribution >= 0.6 is 15.9 Å². The Bertz CT molecular complexity index is 990. The van der Waals surface area contributed by atoms with Crippen molar-refractivity contribution in [1.29, 1.82) is 0 Å². The molecule has 0 amide bonds. The van der Waals surface area contributed by atoms with Gasteiger partial charge in [0.1, 0.15) is 12.4 Å². The van der Waals surface area contributed by atoms with E-state index >= 15 is 0 Å². The molecule has 1 N–H and O–H groups in total. The molecule has 0 bridgehead atoms. The quantitative estimate of drug-likeness (QED) is 0.304. The summed E-state index contributed by atoms with van der Waals surface area (Å²) < 4.78 is 16.0. The maximum atomic E-state index is 13.8. The number of aliphatic hydroxyl groups excluding tert-OH is 1. The van der Waals surface area contributed by atoms with Crippen LogP contribution in [-0.2, 0) is 28.6 Å². The average molecular weight is 553 g/mol. The number of rotatable bonds is 6. The van der Waals surface area contributed by atoms with E-state index < -0.39 is 32.8 Å². The fourth-order valence-corrected chi connectivity index (χ4v) is 9.36. The molecule has 3 fully saturated rings. The molecule has 0 heterocycles. The topological polar surface area (TPSA) is 99.1 Å². The lowest BCUT2D eigenvalue weighted by molar-refractivity contribution is -0.219. The summed E-state index contributed by atoms with van der Waals surface area (Å²) in [5.74, 6) is -0.819. The van der Waals surface area contributed by atoms with Gasteiger partial charge in [0.05, 0.1) is 10.4 Å². The van der Waals surface area contributed by atoms with Gasteiger partial charge in [-0.1, -0.05) is 55.3 Å². The van der Waals surface area contributed by atoms with E-state index in [0.717, 1.165) is 18.4 Å². The summed E-state index contributed by atoms with van der Waals surface area (Å²) in [7, 11) is 1.51. The number of hydrogen-bond acceptors (Lipinski definition) is 7. The molecule has 4 aliphatic carbocycles. The lowest BCUT2D eigenvalue weighted by atomic mass is 9.44. The van der Waals surface area contributed by atoms with E-state index in [1.165, 1.54) is 14.0 Å². The molecule has 0 aromatic carbocycles. The molecule has 9 atom stereocenters. The van der Waals surface area contributed by atoms with Gasteiger partial charge in [-0.2, -0.15) is 0 Å². The Kier molecular flexibility index (Phi) is 6.78. The molecule has 0 spiro atoms. The van der Waals surface area contributed by atoms with Crippen LogP contribution in [0.15, 0.2) is 23.8 Å². The second-order valence-electron chi connectivity index (χ2n) is 11.4. The van der Waals surface area contributed by atoms with E-state index in [2.05, 4.69) is 29.8 Å². The summed E-state index contributed by atoms with van der Waals surface area (Å²) in [4.78, 5) is 37.5. The highest BCUT2D eigenvalue weighted by Gasteiger charge is 2.75. The third-order valence-corrected chi connectivity index (χ3v) is 11.7. The maximum absolute atomic E-state index is 13.8. The van der Waals surface area contributed by atoms with Crippen molar-refractivity contribution in [3.05, 3.63) is 23.8 Å². The minimum Gasteiger partial charge on any atom is -0.458 e. The van der Waals surface area contributed by atoms with Crippen molar-refractivity contribution in [2.45, 2.75) is 69.9 Å². The Morgan fingerprint density at radius 1 is 1.20 bits per heavy atom. The van der Waals surface area contributed by atoms with Gasteiger partial charge >= 0.3 is 5.97 Å². The Balaban J connectivity index is 1.82. The number of carbonyl (C=O) groups excluding carboxylic acids is 3. The molecule has 4 aliphatic rings. The normalized spacial score (nSPS) is 46.3. The highest BCUT2D eigenvalue weighted by atomic mass is 79.9. The number of aliphatic hydroxyl groups is 1. The second kappa shape index (κ2) is 8.89. The molecule has 0 aromatic rings. The lowest BCUT2D eigenvalue weighted by Crippen LogP contribution is -2.70. The average Bonchev–Trinajstić information content (AvgIpc) is 3.01. The zero-order valence-corrected chi connectivity index (χ0v) is 23.0. The summed E-state index contributed by atoms with van der Waals surface area (Å²) in [5.41, 5.74) is -1.49. The first-order valence-electron chi connectivity index (χ1n) is 12.4. The van der Waals surface area contributed by atoms with Crippen LogP contribution in [-0.4, -0.2) is 59.2 Å². The monoisotopic (exact) mass is 552 g/mol. The Labute approximate surface area is 215 Å². The highest BCUT2D eigenvalue weighted by molar-refractivity contribution is 9.10. The third kappa shape index (κ3) is 3.50. The number of ether oxygens (including phenoxy) is 3. The predicted octanol–water partition coefficient (Wildman–Crippen LogP) is 3.77. The molecule has 0 aliphatic heterocycles. The fraction of sp³-hybridized carbons (Fsp3) is 0.741. The molecule has 8 heteroatoms. The molecule has 194 valence electrons. The zero-order chi connectivity index (χ0) is 26.0. The number of alkyl halides is 1. The number of ketones is 2. The lowest BCUT2D eigenvalue weighted by Gasteiger charge is -2.65. The van der Waals surface area contributed by atoms with Gasteiger partial charge in [0.25, 0.3) is 0 Å². The highest BCUT2D eigenvalue weighted by Crippen LogP contribution is 2.73. The van der Waals surface area contributed by atoms with Gasteiger partial charge in [-0.25, -0.2) is 0 Å². The number of esters is 1. The van der Waals surface area contributed by atoms with Crippen molar-refractivity contribution >= 4 is 33.5 Å². The van der Waals surface area contributed by atoms with Crippen molar-refractivity contribution < 1.29 is 33.7 Å². The summed E-state index contributed by atoms with van der Waals surface area (Å²) in [6.45, 7) is 9.11. The van der Waals surface area contributed by atoms with Crippen molar-refractivity contribution in [3.63, 3.8) is 0 Å². The van der Waals surface area contributed by atoms with E-state index in [0.29, 0.717) is 6.42 Å². The molecule has 35 heavy (non-hydrogen) atoms. The smallest absolute Gasteiger partial charge is 0.303 e. The van der Waals surface area contributed by atoms with Crippen LogP contribution in [0.1, 0.15) is 53.9 Å². The van der Waals surface area contributed by atoms with Crippen LogP contribution < -0.4 is 0 Å². The number of hydrogen-bond donors (Lipinski definition) is 1. The van der Waals surface area contributed by atoms with Crippen LogP contribution in [0.3, 0.4) is 0 Å². The van der Waals surface area contributed by atoms with Crippen LogP contribution in [0, 0.1) is 34.5 Å². The van der Waals surface area contributed by atoms with Crippen molar-refractivity contribution in [1.82, 2.24) is 0 Å². The van der Waals surface area contributed by atoms with E-state index in [4.69, 9.17) is 14.2 Å². The number of methoxy groups -OCH3 is 1. The number of fused-ring (bicyclic) bond motifs is 5. The summed E-state index contributed by atoms with van der Waals surface area (Å²) in [6, 6.07) is 0. The minimum absolute atomic E-state index is 0.0169. The van der Waals surface area contributed by atoms with Gasteiger partial charge in [-0.05, 0) is 55.1 Å². The molecule has 7 nitrogen and oxygen atoms in total. The standard InChI is InChI=1S/C27H37BrO7/c1-15-9-21-20-10-16(2)27(35-14-33-6,23(32)13-34-17(3)29)25(20,5)12-22(31)26(21,28)24(4)8-7-18(30)11-19(15)24/h7-8,11,15-16,20-22,31H,9-10,12-14H2,1-6H3/t15?,16?,20-,21-,22?,24-,25-,26-,27-/m0/s1. The van der Waals surface area contributed by atoms with Crippen LogP contribution in [0.4, 0.5) is 0 Å². The summed E-state index contributed by atoms with van der Waals surface area (Å²) >= 11 is 4.07. The number of allylic oxidation sites excluding steroid dienone is 4. The van der Waals surface area contributed by atoms with Gasteiger partial charge in [0, 0.05) is 24.9 Å². The number of carbonyl (C=O) groups is 3. The number of Topliss-reactive ketones (excluding diaryl/α,β-unsaturated/α-hetero) is 1. The second-order valence-corrected chi connectivity index (χ2v) is 12.7. The van der Waals surface area contributed by atoms with Gasteiger partial charge in [0.15, 0.2) is 12.4 Å². The maximum Gasteiger partial charge on any atom is 0.303 e. The van der Waals surface area contributed by atoms with Crippen LogP contribution in [0.2, 0.25) is 0 Å². The molecule has 0 saturated heterocycles. The number of halogens is 1. The first kappa shape index (κ1) is 26.7. The van der Waals surface area contributed by atoms with Gasteiger partial charge < -0.3 is 19.3 Å². The predicted molar refractivity (Wildman–Crippen MR) is 133 cm³/mol. The zero-order valence-electron chi connectivity index (χ0n) is 21.4. The van der Waals surface area contributed by atoms with E-state index in [1.807, 2.05) is 19.9 Å². The fourth-order valence-electron chi connectivity index (χ4n) is 8.33. The van der Waals surface area contributed by atoms with Crippen LogP contribution in [0.5, 0.6) is 0 Å². The van der Waals surface area contributed by atoms with E-state index in [-0.39, 0.29) is 48.6 Å². The largest absolute Gasteiger partial charge is 0.458 e. The van der Waals surface area contributed by atoms with Crippen LogP contribution in [0.25, 0.3) is 0 Å². The van der Waals surface area contributed by atoms with E-state index in [9.17, 15) is 19.5 Å². The Morgan fingerprint density at radius 2 is 1.89 bits per heavy atom. The molecule has 3 saturated carbocycles. The van der Waals surface area contributed by atoms with Gasteiger partial charge in [-0.3, -0.25) is 14.4 Å². The first-order chi connectivity index (χ1) is 16.3.